The number of Topliss-reactive ketones (excluding diaryl/α,β-unsaturated/α-hetero) is 1. The van der Waals surface area contributed by atoms with Gasteiger partial charge in [0.1, 0.15) is 10.9 Å². The van der Waals surface area contributed by atoms with Crippen molar-refractivity contribution < 1.29 is 4.79 Å². The highest BCUT2D eigenvalue weighted by Crippen LogP contribution is 2.29. The van der Waals surface area contributed by atoms with E-state index >= 15 is 0 Å². The summed E-state index contributed by atoms with van der Waals surface area (Å²) in [5.41, 5.74) is 1.01. The van der Waals surface area contributed by atoms with Crippen molar-refractivity contribution in [1.82, 2.24) is 4.98 Å². The Hall–Kier alpha value is -0.890. The lowest BCUT2D eigenvalue weighted by Gasteiger charge is -2.20. The van der Waals surface area contributed by atoms with Crippen LogP contribution >= 0.6 is 11.6 Å². The first-order chi connectivity index (χ1) is 6.77. The second-order valence-corrected chi connectivity index (χ2v) is 4.07. The molecule has 0 bridgehead atoms. The van der Waals surface area contributed by atoms with E-state index in [2.05, 4.69) is 4.98 Å². The summed E-state index contributed by atoms with van der Waals surface area (Å²) in [7, 11) is 0. The lowest BCUT2D eigenvalue weighted by molar-refractivity contribution is -0.121. The fraction of sp³-hybridized carbons (Fsp3) is 0.455. The highest BCUT2D eigenvalue weighted by atomic mass is 35.5. The largest absolute Gasteiger partial charge is 0.299 e. The van der Waals surface area contributed by atoms with Gasteiger partial charge < -0.3 is 0 Å². The van der Waals surface area contributed by atoms with E-state index in [1.165, 1.54) is 0 Å². The molecule has 1 heterocycles. The van der Waals surface area contributed by atoms with Gasteiger partial charge in [0.25, 0.3) is 0 Å². The van der Waals surface area contributed by atoms with E-state index in [9.17, 15) is 4.79 Å². The van der Waals surface area contributed by atoms with Gasteiger partial charge in [0.05, 0.1) is 0 Å². The van der Waals surface area contributed by atoms with Crippen molar-refractivity contribution in [3.05, 3.63) is 29.0 Å². The van der Waals surface area contributed by atoms with Crippen molar-refractivity contribution in [2.45, 2.75) is 31.6 Å². The summed E-state index contributed by atoms with van der Waals surface area (Å²) >= 11 is 5.69. The molecule has 2 rings (SSSR count). The van der Waals surface area contributed by atoms with Gasteiger partial charge in [-0.2, -0.15) is 0 Å². The van der Waals surface area contributed by atoms with Gasteiger partial charge in [-0.1, -0.05) is 24.1 Å². The molecule has 0 radical (unpaired) electrons. The van der Waals surface area contributed by atoms with Gasteiger partial charge in [0, 0.05) is 18.5 Å². The summed E-state index contributed by atoms with van der Waals surface area (Å²) in [5.74, 6) is 0.411. The Morgan fingerprint density at radius 2 is 2.21 bits per heavy atom. The Morgan fingerprint density at radius 1 is 1.36 bits per heavy atom. The first-order valence-electron chi connectivity index (χ1n) is 4.91. The van der Waals surface area contributed by atoms with Crippen LogP contribution < -0.4 is 0 Å². The third-order valence-corrected chi connectivity index (χ3v) is 2.93. The summed E-state index contributed by atoms with van der Waals surface area (Å²) in [5, 5.41) is 0.483. The van der Waals surface area contributed by atoms with Crippen LogP contribution in [0.4, 0.5) is 0 Å². The number of hydrogen-bond donors (Lipinski definition) is 0. The van der Waals surface area contributed by atoms with Crippen molar-refractivity contribution in [1.29, 1.82) is 0 Å². The summed E-state index contributed by atoms with van der Waals surface area (Å²) < 4.78 is 0. The molecule has 1 aromatic rings. The zero-order chi connectivity index (χ0) is 9.97. The van der Waals surface area contributed by atoms with Crippen molar-refractivity contribution in [3.8, 4) is 0 Å². The molecule has 0 spiro atoms. The first kappa shape index (κ1) is 9.66. The van der Waals surface area contributed by atoms with E-state index in [0.717, 1.165) is 24.8 Å². The Labute approximate surface area is 88.3 Å². The minimum atomic E-state index is 0.0634. The zero-order valence-corrected chi connectivity index (χ0v) is 8.63. The van der Waals surface area contributed by atoms with Crippen LogP contribution in [0.1, 0.15) is 37.2 Å². The minimum Gasteiger partial charge on any atom is -0.299 e. The van der Waals surface area contributed by atoms with Crippen LogP contribution in [0.2, 0.25) is 5.15 Å². The van der Waals surface area contributed by atoms with Crippen LogP contribution in [0.3, 0.4) is 0 Å². The second kappa shape index (κ2) is 4.09. The predicted octanol–water partition coefficient (Wildman–Crippen LogP) is 2.96. The summed E-state index contributed by atoms with van der Waals surface area (Å²) in [6, 6.07) is 3.65. The average Bonchev–Trinajstić information content (AvgIpc) is 2.20. The van der Waals surface area contributed by atoms with Gasteiger partial charge in [-0.15, -0.1) is 0 Å². The van der Waals surface area contributed by atoms with E-state index < -0.39 is 0 Å². The molecule has 3 heteroatoms. The molecule has 1 aliphatic carbocycles. The van der Waals surface area contributed by atoms with Crippen molar-refractivity contribution in [2.24, 2.45) is 0 Å². The van der Waals surface area contributed by atoms with Gasteiger partial charge >= 0.3 is 0 Å². The van der Waals surface area contributed by atoms with Crippen LogP contribution in [0, 0.1) is 0 Å². The molecule has 1 atom stereocenters. The van der Waals surface area contributed by atoms with Gasteiger partial charge in [0.2, 0.25) is 0 Å². The Balaban J connectivity index is 2.20. The van der Waals surface area contributed by atoms with Crippen LogP contribution in [-0.4, -0.2) is 10.8 Å². The molecule has 14 heavy (non-hydrogen) atoms. The maximum atomic E-state index is 11.6. The number of carbonyl (C=O) groups is 1. The average molecular weight is 210 g/mol. The number of pyridine rings is 1. The molecule has 0 aliphatic heterocycles. The maximum absolute atomic E-state index is 11.6. The van der Waals surface area contributed by atoms with Crippen LogP contribution in [-0.2, 0) is 4.79 Å². The number of hydrogen-bond acceptors (Lipinski definition) is 2. The summed E-state index contributed by atoms with van der Waals surface area (Å²) in [6.45, 7) is 0. The molecular formula is C11H12ClNO. The first-order valence-corrected chi connectivity index (χ1v) is 5.29. The Morgan fingerprint density at radius 3 is 2.86 bits per heavy atom. The fourth-order valence-corrected chi connectivity index (χ4v) is 2.04. The number of rotatable bonds is 1. The molecule has 1 fully saturated rings. The Bertz CT molecular complexity index is 334. The number of nitrogens with zero attached hydrogens (tertiary/aromatic N) is 1. The number of carbonyl (C=O) groups excluding carboxylic acids is 1. The monoisotopic (exact) mass is 209 g/mol. The normalized spacial score (nSPS) is 22.4. The summed E-state index contributed by atoms with van der Waals surface area (Å²) in [4.78, 5) is 15.6. The van der Waals surface area contributed by atoms with Gasteiger partial charge in [-0.05, 0) is 24.5 Å². The van der Waals surface area contributed by atoms with E-state index in [0.29, 0.717) is 17.4 Å². The van der Waals surface area contributed by atoms with E-state index in [-0.39, 0.29) is 5.92 Å². The third kappa shape index (κ3) is 1.95. The van der Waals surface area contributed by atoms with Crippen molar-refractivity contribution in [2.75, 3.05) is 0 Å². The van der Waals surface area contributed by atoms with E-state index in [4.69, 9.17) is 11.6 Å². The smallest absolute Gasteiger partial charge is 0.140 e. The molecule has 1 aromatic heterocycles. The zero-order valence-electron chi connectivity index (χ0n) is 7.87. The van der Waals surface area contributed by atoms with Gasteiger partial charge in [0.15, 0.2) is 0 Å². The molecule has 2 nitrogen and oxygen atoms in total. The number of aromatic nitrogens is 1. The molecular weight excluding hydrogens is 198 g/mol. The highest BCUT2D eigenvalue weighted by Gasteiger charge is 2.23. The highest BCUT2D eigenvalue weighted by molar-refractivity contribution is 6.29. The van der Waals surface area contributed by atoms with E-state index in [1.54, 1.807) is 12.3 Å². The standard InChI is InChI=1S/C11H12ClNO/c12-11-6-5-8(7-13-11)9-3-1-2-4-10(9)14/h5-7,9H,1-4H2. The molecule has 0 saturated heterocycles. The van der Waals surface area contributed by atoms with Crippen LogP contribution in [0.5, 0.6) is 0 Å². The summed E-state index contributed by atoms with van der Waals surface area (Å²) in [6.07, 6.45) is 5.57. The second-order valence-electron chi connectivity index (χ2n) is 3.68. The minimum absolute atomic E-state index is 0.0634. The van der Waals surface area contributed by atoms with Crippen molar-refractivity contribution >= 4 is 17.4 Å². The maximum Gasteiger partial charge on any atom is 0.140 e. The molecule has 1 saturated carbocycles. The topological polar surface area (TPSA) is 30.0 Å². The third-order valence-electron chi connectivity index (χ3n) is 2.71. The van der Waals surface area contributed by atoms with Crippen molar-refractivity contribution in [3.63, 3.8) is 0 Å². The van der Waals surface area contributed by atoms with Gasteiger partial charge in [-0.3, -0.25) is 4.79 Å². The molecule has 0 aromatic carbocycles. The molecule has 0 N–H and O–H groups in total. The lowest BCUT2D eigenvalue weighted by atomic mass is 9.84. The van der Waals surface area contributed by atoms with Crippen LogP contribution in [0.15, 0.2) is 18.3 Å². The molecule has 1 aliphatic rings. The fourth-order valence-electron chi connectivity index (χ4n) is 1.93. The van der Waals surface area contributed by atoms with Gasteiger partial charge in [-0.25, -0.2) is 4.98 Å². The predicted molar refractivity (Wildman–Crippen MR) is 55.5 cm³/mol. The quantitative estimate of drug-likeness (QED) is 0.666. The lowest BCUT2D eigenvalue weighted by Crippen LogP contribution is -2.16. The molecule has 1 unspecified atom stereocenters. The van der Waals surface area contributed by atoms with Crippen LogP contribution in [0.25, 0.3) is 0 Å². The Kier molecular flexibility index (Phi) is 2.82. The molecule has 74 valence electrons. The van der Waals surface area contributed by atoms with E-state index in [1.807, 2.05) is 6.07 Å². The number of halogens is 1. The SMILES string of the molecule is O=C1CCCCC1c1ccc(Cl)nc1. The molecule has 0 amide bonds. The number of ketones is 1.